The number of benzene rings is 1. The molecule has 1 aromatic carbocycles. The van der Waals surface area contributed by atoms with Crippen LogP contribution in [0.4, 0.5) is 4.39 Å². The molecule has 0 unspecified atom stereocenters. The summed E-state index contributed by atoms with van der Waals surface area (Å²) in [6.45, 7) is 0.106. The molecule has 8 heteroatoms. The summed E-state index contributed by atoms with van der Waals surface area (Å²) >= 11 is 1.44. The van der Waals surface area contributed by atoms with Crippen LogP contribution < -0.4 is 0 Å². The molecule has 0 radical (unpaired) electrons. The van der Waals surface area contributed by atoms with Crippen LogP contribution in [0.25, 0.3) is 22.2 Å². The first kappa shape index (κ1) is 16.5. The van der Waals surface area contributed by atoms with Crippen molar-refractivity contribution in [2.24, 2.45) is 0 Å². The first-order chi connectivity index (χ1) is 12.7. The fraction of sp³-hybridized carbons (Fsp3) is 0.111. The number of aliphatic hydroxyl groups is 1. The van der Waals surface area contributed by atoms with E-state index in [2.05, 4.69) is 20.1 Å². The highest BCUT2D eigenvalue weighted by atomic mass is 32.1. The van der Waals surface area contributed by atoms with Crippen molar-refractivity contribution in [3.05, 3.63) is 71.2 Å². The van der Waals surface area contributed by atoms with Crippen LogP contribution in [0.3, 0.4) is 0 Å². The highest BCUT2D eigenvalue weighted by Gasteiger charge is 2.16. The Labute approximate surface area is 152 Å². The van der Waals surface area contributed by atoms with Crippen molar-refractivity contribution in [1.29, 1.82) is 0 Å². The first-order valence-corrected chi connectivity index (χ1v) is 8.77. The second kappa shape index (κ2) is 7.11. The van der Waals surface area contributed by atoms with Gasteiger partial charge in [-0.1, -0.05) is 18.2 Å². The van der Waals surface area contributed by atoms with E-state index in [0.29, 0.717) is 27.9 Å². The van der Waals surface area contributed by atoms with Gasteiger partial charge in [-0.25, -0.2) is 19.0 Å². The zero-order valence-corrected chi connectivity index (χ0v) is 14.4. The van der Waals surface area contributed by atoms with E-state index >= 15 is 0 Å². The van der Waals surface area contributed by atoms with E-state index in [1.54, 1.807) is 41.3 Å². The van der Waals surface area contributed by atoms with Crippen molar-refractivity contribution in [2.75, 3.05) is 0 Å². The molecule has 6 nitrogen and oxygen atoms in total. The third-order valence-corrected chi connectivity index (χ3v) is 4.59. The Kier molecular flexibility index (Phi) is 4.51. The fourth-order valence-corrected chi connectivity index (χ4v) is 3.09. The summed E-state index contributed by atoms with van der Waals surface area (Å²) in [6.07, 6.45) is 3.31. The third kappa shape index (κ3) is 3.24. The highest BCUT2D eigenvalue weighted by Crippen LogP contribution is 2.24. The minimum Gasteiger partial charge on any atom is -0.390 e. The maximum atomic E-state index is 14.1. The molecule has 0 fully saturated rings. The molecule has 0 aliphatic rings. The third-order valence-electron chi connectivity index (χ3n) is 3.82. The van der Waals surface area contributed by atoms with Gasteiger partial charge in [-0.05, 0) is 18.2 Å². The van der Waals surface area contributed by atoms with Gasteiger partial charge >= 0.3 is 0 Å². The minimum atomic E-state index is -0.293. The summed E-state index contributed by atoms with van der Waals surface area (Å²) in [7, 11) is 0. The molecule has 0 bridgehead atoms. The smallest absolute Gasteiger partial charge is 0.210 e. The van der Waals surface area contributed by atoms with Crippen molar-refractivity contribution < 1.29 is 9.50 Å². The second-order valence-electron chi connectivity index (χ2n) is 5.54. The van der Waals surface area contributed by atoms with Crippen LogP contribution in [0, 0.1) is 5.82 Å². The molecule has 4 aromatic rings. The van der Waals surface area contributed by atoms with E-state index in [0.717, 1.165) is 5.56 Å². The van der Waals surface area contributed by atoms with Crippen molar-refractivity contribution in [2.45, 2.75) is 13.2 Å². The van der Waals surface area contributed by atoms with Crippen molar-refractivity contribution in [1.82, 2.24) is 24.7 Å². The normalized spacial score (nSPS) is 11.0. The van der Waals surface area contributed by atoms with Crippen LogP contribution in [-0.4, -0.2) is 29.8 Å². The van der Waals surface area contributed by atoms with Crippen LogP contribution >= 0.6 is 11.3 Å². The van der Waals surface area contributed by atoms with Gasteiger partial charge in [0.15, 0.2) is 10.8 Å². The maximum Gasteiger partial charge on any atom is 0.210 e. The molecule has 0 saturated carbocycles. The molecule has 26 heavy (non-hydrogen) atoms. The molecule has 0 aliphatic carbocycles. The summed E-state index contributed by atoms with van der Waals surface area (Å²) in [5.41, 5.74) is 1.81. The van der Waals surface area contributed by atoms with Gasteiger partial charge in [0, 0.05) is 28.9 Å². The molecule has 0 atom stereocenters. The lowest BCUT2D eigenvalue weighted by molar-refractivity contribution is 0.277. The Morgan fingerprint density at radius 2 is 2.00 bits per heavy atom. The number of thiazole rings is 1. The number of rotatable bonds is 5. The van der Waals surface area contributed by atoms with Crippen LogP contribution in [0.2, 0.25) is 0 Å². The summed E-state index contributed by atoms with van der Waals surface area (Å²) in [5.74, 6) is 0.756. The predicted molar refractivity (Wildman–Crippen MR) is 95.8 cm³/mol. The summed E-state index contributed by atoms with van der Waals surface area (Å²) < 4.78 is 15.7. The molecule has 0 saturated heterocycles. The van der Waals surface area contributed by atoms with Gasteiger partial charge in [-0.3, -0.25) is 4.98 Å². The van der Waals surface area contributed by atoms with E-state index in [1.165, 1.54) is 17.4 Å². The lowest BCUT2D eigenvalue weighted by Gasteiger charge is -2.07. The molecule has 0 aliphatic heterocycles. The zero-order valence-electron chi connectivity index (χ0n) is 13.6. The van der Waals surface area contributed by atoms with Crippen molar-refractivity contribution in [3.63, 3.8) is 0 Å². The number of pyridine rings is 1. The Morgan fingerprint density at radius 3 is 2.69 bits per heavy atom. The van der Waals surface area contributed by atoms with Crippen molar-refractivity contribution in [3.8, 4) is 22.2 Å². The van der Waals surface area contributed by atoms with E-state index in [-0.39, 0.29) is 19.0 Å². The number of aliphatic hydroxyl groups excluding tert-OH is 1. The fourth-order valence-electron chi connectivity index (χ4n) is 2.53. The zero-order chi connectivity index (χ0) is 17.9. The van der Waals surface area contributed by atoms with Gasteiger partial charge in [0.1, 0.15) is 5.82 Å². The molecular formula is C18H14FN5OS. The Hall–Kier alpha value is -2.97. The Bertz CT molecular complexity index is 1010. The number of halogens is 1. The SMILES string of the molecule is OCc1ccc(-c2nc(-c3nccs3)nn2Cc2ccccc2F)cn1. The van der Waals surface area contributed by atoms with Gasteiger partial charge in [0.05, 0.1) is 18.8 Å². The van der Waals surface area contributed by atoms with Crippen LogP contribution in [0.5, 0.6) is 0 Å². The minimum absolute atomic E-state index is 0.132. The number of aromatic nitrogens is 5. The van der Waals surface area contributed by atoms with Crippen LogP contribution in [0.1, 0.15) is 11.3 Å². The number of hydrogen-bond acceptors (Lipinski definition) is 6. The standard InChI is InChI=1S/C18H14FN5OS/c19-15-4-2-1-3-13(15)10-24-17(12-5-6-14(11-25)21-9-12)22-16(23-24)18-20-7-8-26-18/h1-9,25H,10-11H2. The van der Waals surface area contributed by atoms with E-state index < -0.39 is 0 Å². The molecule has 3 aromatic heterocycles. The lowest BCUT2D eigenvalue weighted by Crippen LogP contribution is -2.06. The lowest BCUT2D eigenvalue weighted by atomic mass is 10.2. The largest absolute Gasteiger partial charge is 0.390 e. The molecule has 0 spiro atoms. The first-order valence-electron chi connectivity index (χ1n) is 7.89. The monoisotopic (exact) mass is 367 g/mol. The Balaban J connectivity index is 1.78. The quantitative estimate of drug-likeness (QED) is 0.586. The topological polar surface area (TPSA) is 76.7 Å². The van der Waals surface area contributed by atoms with E-state index in [9.17, 15) is 4.39 Å². The number of nitrogens with zero attached hydrogens (tertiary/aromatic N) is 5. The average molecular weight is 367 g/mol. The van der Waals surface area contributed by atoms with Crippen LogP contribution in [-0.2, 0) is 13.2 Å². The van der Waals surface area contributed by atoms with Gasteiger partial charge < -0.3 is 5.11 Å². The highest BCUT2D eigenvalue weighted by molar-refractivity contribution is 7.13. The summed E-state index contributed by atoms with van der Waals surface area (Å²) in [6, 6.07) is 10.1. The molecule has 130 valence electrons. The number of hydrogen-bond donors (Lipinski definition) is 1. The van der Waals surface area contributed by atoms with Gasteiger partial charge in [-0.2, -0.15) is 0 Å². The van der Waals surface area contributed by atoms with E-state index in [1.807, 2.05) is 11.4 Å². The van der Waals surface area contributed by atoms with Gasteiger partial charge in [-0.15, -0.1) is 16.4 Å². The average Bonchev–Trinajstić information content (AvgIpc) is 3.33. The Morgan fingerprint density at radius 1 is 1.12 bits per heavy atom. The maximum absolute atomic E-state index is 14.1. The second-order valence-corrected chi connectivity index (χ2v) is 6.44. The van der Waals surface area contributed by atoms with E-state index in [4.69, 9.17) is 5.11 Å². The summed E-state index contributed by atoms with van der Waals surface area (Å²) in [4.78, 5) is 13.0. The predicted octanol–water partition coefficient (Wildman–Crippen LogP) is 3.14. The molecule has 1 N–H and O–H groups in total. The molecule has 0 amide bonds. The molecular weight excluding hydrogens is 353 g/mol. The molecule has 3 heterocycles. The van der Waals surface area contributed by atoms with Crippen molar-refractivity contribution >= 4 is 11.3 Å². The van der Waals surface area contributed by atoms with Gasteiger partial charge in [0.25, 0.3) is 0 Å². The van der Waals surface area contributed by atoms with Gasteiger partial charge in [0.2, 0.25) is 5.82 Å². The molecule has 4 rings (SSSR count). The van der Waals surface area contributed by atoms with Crippen LogP contribution in [0.15, 0.2) is 54.2 Å². The summed E-state index contributed by atoms with van der Waals surface area (Å²) in [5, 5.41) is 16.2.